The largest absolute Gasteiger partial charge is 0.310 e. The van der Waals surface area contributed by atoms with Gasteiger partial charge >= 0.3 is 0 Å². The van der Waals surface area contributed by atoms with E-state index in [1.807, 2.05) is 6.07 Å². The van der Waals surface area contributed by atoms with Crippen LogP contribution in [0.4, 0.5) is 5.82 Å². The van der Waals surface area contributed by atoms with Crippen molar-refractivity contribution in [2.75, 3.05) is 5.32 Å². The van der Waals surface area contributed by atoms with Gasteiger partial charge in [0.25, 0.3) is 5.56 Å². The number of para-hydroxylation sites is 1. The van der Waals surface area contributed by atoms with E-state index in [9.17, 15) is 9.59 Å². The zero-order valence-corrected chi connectivity index (χ0v) is 14.1. The van der Waals surface area contributed by atoms with Crippen molar-refractivity contribution in [3.05, 3.63) is 66.0 Å². The van der Waals surface area contributed by atoms with Crippen molar-refractivity contribution >= 4 is 22.6 Å². The second kappa shape index (κ2) is 7.12. The number of benzene rings is 1. The molecule has 1 aromatic carbocycles. The quantitative estimate of drug-likeness (QED) is 0.557. The lowest BCUT2D eigenvalue weighted by Gasteiger charge is -2.08. The topological polar surface area (TPSA) is 120 Å². The predicted octanol–water partition coefficient (Wildman–Crippen LogP) is 0.796. The van der Waals surface area contributed by atoms with Gasteiger partial charge in [-0.3, -0.25) is 14.2 Å². The van der Waals surface area contributed by atoms with Crippen LogP contribution < -0.4 is 10.9 Å². The van der Waals surface area contributed by atoms with Crippen LogP contribution in [0.15, 0.2) is 60.4 Å². The van der Waals surface area contributed by atoms with E-state index >= 15 is 0 Å². The van der Waals surface area contributed by atoms with E-state index in [0.29, 0.717) is 22.5 Å². The number of rotatable bonds is 5. The van der Waals surface area contributed by atoms with Crippen molar-refractivity contribution < 1.29 is 4.79 Å². The first-order valence-electron chi connectivity index (χ1n) is 8.12. The fourth-order valence-corrected chi connectivity index (χ4v) is 2.56. The Hall–Kier alpha value is -3.95. The van der Waals surface area contributed by atoms with Crippen LogP contribution in [0.3, 0.4) is 0 Å². The Morgan fingerprint density at radius 2 is 1.96 bits per heavy atom. The van der Waals surface area contributed by atoms with E-state index in [4.69, 9.17) is 0 Å². The number of carbonyl (C=O) groups excluding carboxylic acids is 1. The van der Waals surface area contributed by atoms with Gasteiger partial charge in [0.1, 0.15) is 24.8 Å². The standard InChI is InChI=1S/C17H14N8O2/c26-16(23-14-7-15(20-9-19-14)25-10-18-8-22-25)5-6-24-11-21-13-4-2-1-3-12(13)17(24)27/h1-4,7-11H,5-6H2,(H,19,20,23,26). The average molecular weight is 362 g/mol. The number of hydrogen-bond donors (Lipinski definition) is 1. The first-order valence-corrected chi connectivity index (χ1v) is 8.12. The number of hydrogen-bond acceptors (Lipinski definition) is 7. The number of carbonyl (C=O) groups is 1. The Labute approximate surface area is 152 Å². The third-order valence-electron chi connectivity index (χ3n) is 3.88. The van der Waals surface area contributed by atoms with E-state index in [1.54, 1.807) is 24.3 Å². The molecule has 10 heteroatoms. The van der Waals surface area contributed by atoms with Crippen LogP contribution in [-0.4, -0.2) is 40.2 Å². The highest BCUT2D eigenvalue weighted by atomic mass is 16.2. The average Bonchev–Trinajstić information content (AvgIpc) is 3.23. The highest BCUT2D eigenvalue weighted by Gasteiger charge is 2.08. The minimum atomic E-state index is -0.279. The summed E-state index contributed by atoms with van der Waals surface area (Å²) < 4.78 is 2.88. The Bertz CT molecular complexity index is 1150. The molecule has 1 amide bonds. The van der Waals surface area contributed by atoms with E-state index < -0.39 is 0 Å². The highest BCUT2D eigenvalue weighted by Crippen LogP contribution is 2.08. The summed E-state index contributed by atoms with van der Waals surface area (Å²) in [7, 11) is 0. The Kier molecular flexibility index (Phi) is 4.35. The molecule has 0 saturated carbocycles. The summed E-state index contributed by atoms with van der Waals surface area (Å²) >= 11 is 0. The third-order valence-corrected chi connectivity index (χ3v) is 3.88. The summed E-state index contributed by atoms with van der Waals surface area (Å²) in [5.74, 6) is 0.538. The fraction of sp³-hybridized carbons (Fsp3) is 0.118. The van der Waals surface area contributed by atoms with Crippen LogP contribution in [0.5, 0.6) is 0 Å². The number of nitrogens with zero attached hydrogens (tertiary/aromatic N) is 7. The molecule has 0 aliphatic rings. The van der Waals surface area contributed by atoms with E-state index in [0.717, 1.165) is 0 Å². The number of amides is 1. The van der Waals surface area contributed by atoms with Crippen LogP contribution >= 0.6 is 0 Å². The molecule has 0 radical (unpaired) electrons. The lowest BCUT2D eigenvalue weighted by Crippen LogP contribution is -2.23. The van der Waals surface area contributed by atoms with Crippen molar-refractivity contribution in [1.29, 1.82) is 0 Å². The molecular formula is C17H14N8O2. The first-order chi connectivity index (χ1) is 13.2. The molecule has 134 valence electrons. The van der Waals surface area contributed by atoms with Gasteiger partial charge in [-0.1, -0.05) is 12.1 Å². The summed E-state index contributed by atoms with van der Waals surface area (Å²) in [6, 6.07) is 8.67. The smallest absolute Gasteiger partial charge is 0.261 e. The number of nitrogens with one attached hydrogen (secondary N) is 1. The lowest BCUT2D eigenvalue weighted by atomic mass is 10.2. The summed E-state index contributed by atoms with van der Waals surface area (Å²) in [6.45, 7) is 0.212. The van der Waals surface area contributed by atoms with Crippen molar-refractivity contribution in [3.8, 4) is 5.82 Å². The van der Waals surface area contributed by atoms with E-state index in [1.165, 1.54) is 34.6 Å². The normalized spacial score (nSPS) is 10.8. The maximum atomic E-state index is 12.4. The van der Waals surface area contributed by atoms with Crippen LogP contribution in [0.1, 0.15) is 6.42 Å². The van der Waals surface area contributed by atoms with Crippen LogP contribution in [0, 0.1) is 0 Å². The molecule has 10 nitrogen and oxygen atoms in total. The van der Waals surface area contributed by atoms with E-state index in [-0.39, 0.29) is 24.4 Å². The van der Waals surface area contributed by atoms with Gasteiger partial charge in [0.15, 0.2) is 5.82 Å². The van der Waals surface area contributed by atoms with Gasteiger partial charge in [-0.2, -0.15) is 5.10 Å². The first kappa shape index (κ1) is 16.5. The highest BCUT2D eigenvalue weighted by molar-refractivity contribution is 5.89. The minimum absolute atomic E-state index is 0.0998. The Morgan fingerprint density at radius 1 is 1.07 bits per heavy atom. The van der Waals surface area contributed by atoms with Gasteiger partial charge in [0.05, 0.1) is 17.2 Å². The predicted molar refractivity (Wildman–Crippen MR) is 96.2 cm³/mol. The Balaban J connectivity index is 1.44. The molecule has 0 unspecified atom stereocenters. The van der Waals surface area contributed by atoms with Gasteiger partial charge in [-0.05, 0) is 12.1 Å². The third kappa shape index (κ3) is 3.54. The van der Waals surface area contributed by atoms with Gasteiger partial charge in [0, 0.05) is 19.0 Å². The van der Waals surface area contributed by atoms with Gasteiger partial charge < -0.3 is 5.32 Å². The van der Waals surface area contributed by atoms with Crippen LogP contribution in [-0.2, 0) is 11.3 Å². The number of fused-ring (bicyclic) bond motifs is 1. The zero-order chi connectivity index (χ0) is 18.6. The molecule has 0 aliphatic heterocycles. The van der Waals surface area contributed by atoms with Crippen LogP contribution in [0.25, 0.3) is 16.7 Å². The molecule has 27 heavy (non-hydrogen) atoms. The molecule has 3 aromatic heterocycles. The van der Waals surface area contributed by atoms with Gasteiger partial charge in [0.2, 0.25) is 5.91 Å². The molecule has 0 spiro atoms. The second-order valence-electron chi connectivity index (χ2n) is 5.66. The van der Waals surface area contributed by atoms with Crippen molar-refractivity contribution in [2.45, 2.75) is 13.0 Å². The summed E-state index contributed by atoms with van der Waals surface area (Å²) in [5.41, 5.74) is 0.453. The van der Waals surface area contributed by atoms with Crippen LogP contribution in [0.2, 0.25) is 0 Å². The van der Waals surface area contributed by atoms with Crippen molar-refractivity contribution in [3.63, 3.8) is 0 Å². The molecule has 0 atom stereocenters. The second-order valence-corrected chi connectivity index (χ2v) is 5.66. The maximum Gasteiger partial charge on any atom is 0.261 e. The number of aryl methyl sites for hydroxylation is 1. The van der Waals surface area contributed by atoms with Gasteiger partial charge in [-0.25, -0.2) is 24.6 Å². The number of anilines is 1. The van der Waals surface area contributed by atoms with Crippen molar-refractivity contribution in [1.82, 2.24) is 34.3 Å². The maximum absolute atomic E-state index is 12.4. The number of aromatic nitrogens is 7. The monoisotopic (exact) mass is 362 g/mol. The molecule has 3 heterocycles. The summed E-state index contributed by atoms with van der Waals surface area (Å²) in [6.07, 6.45) is 5.75. The lowest BCUT2D eigenvalue weighted by molar-refractivity contribution is -0.116. The molecule has 0 aliphatic carbocycles. The van der Waals surface area contributed by atoms with E-state index in [2.05, 4.69) is 30.4 Å². The molecule has 0 saturated heterocycles. The van der Waals surface area contributed by atoms with Gasteiger partial charge in [-0.15, -0.1) is 0 Å². The van der Waals surface area contributed by atoms with Crippen molar-refractivity contribution in [2.24, 2.45) is 0 Å². The fourth-order valence-electron chi connectivity index (χ4n) is 2.56. The molecule has 4 rings (SSSR count). The molecule has 0 bridgehead atoms. The molecular weight excluding hydrogens is 348 g/mol. The summed E-state index contributed by atoms with van der Waals surface area (Å²) in [5, 5.41) is 7.18. The molecule has 1 N–H and O–H groups in total. The molecule has 0 fully saturated rings. The summed E-state index contributed by atoms with van der Waals surface area (Å²) in [4.78, 5) is 40.8. The molecule has 4 aromatic rings. The SMILES string of the molecule is O=C(CCn1cnc2ccccc2c1=O)Nc1cc(-n2cncn2)ncn1. The zero-order valence-electron chi connectivity index (χ0n) is 14.1. The minimum Gasteiger partial charge on any atom is -0.310 e. The Morgan fingerprint density at radius 3 is 2.81 bits per heavy atom.